The van der Waals surface area contributed by atoms with Crippen LogP contribution in [0.2, 0.25) is 0 Å². The highest BCUT2D eigenvalue weighted by atomic mass is 16.5. The van der Waals surface area contributed by atoms with Gasteiger partial charge >= 0.3 is 0 Å². The van der Waals surface area contributed by atoms with Crippen molar-refractivity contribution in [3.8, 4) is 0 Å². The summed E-state index contributed by atoms with van der Waals surface area (Å²) in [5, 5.41) is 4.07. The Morgan fingerprint density at radius 2 is 2.20 bits per heavy atom. The molecule has 2 saturated heterocycles. The van der Waals surface area contributed by atoms with E-state index in [2.05, 4.69) is 10.3 Å². The third-order valence-electron chi connectivity index (χ3n) is 5.17. The standard InChI is InChI=1S/C19H23N3O3/c23-18-8-7-17(19(24)21-11-14-4-3-9-25-14)22(18)12-13-10-20-16-6-2-1-5-15(13)16/h1-2,5-6,10,14,17,20H,3-4,7-9,11-12H2,(H,21,24)/t14-,17-/m0/s1. The molecule has 1 aromatic heterocycles. The van der Waals surface area contributed by atoms with Crippen molar-refractivity contribution in [3.63, 3.8) is 0 Å². The van der Waals surface area contributed by atoms with Crippen LogP contribution in [0.25, 0.3) is 10.9 Å². The molecule has 4 rings (SSSR count). The molecule has 6 heteroatoms. The fourth-order valence-electron chi connectivity index (χ4n) is 3.79. The van der Waals surface area contributed by atoms with Gasteiger partial charge in [-0.3, -0.25) is 9.59 Å². The molecule has 25 heavy (non-hydrogen) atoms. The number of aromatic amines is 1. The number of rotatable bonds is 5. The molecule has 0 radical (unpaired) electrons. The lowest BCUT2D eigenvalue weighted by atomic mass is 10.1. The van der Waals surface area contributed by atoms with E-state index in [0.29, 0.717) is 25.9 Å². The molecule has 2 N–H and O–H groups in total. The summed E-state index contributed by atoms with van der Waals surface area (Å²) in [4.78, 5) is 29.8. The minimum atomic E-state index is -0.387. The van der Waals surface area contributed by atoms with Gasteiger partial charge in [-0.25, -0.2) is 0 Å². The van der Waals surface area contributed by atoms with Crippen molar-refractivity contribution >= 4 is 22.7 Å². The van der Waals surface area contributed by atoms with Gasteiger partial charge in [0.1, 0.15) is 6.04 Å². The predicted molar refractivity (Wildman–Crippen MR) is 93.9 cm³/mol. The Morgan fingerprint density at radius 1 is 1.32 bits per heavy atom. The van der Waals surface area contributed by atoms with Crippen LogP contribution in [0.5, 0.6) is 0 Å². The molecular formula is C19H23N3O3. The smallest absolute Gasteiger partial charge is 0.242 e. The van der Waals surface area contributed by atoms with Crippen molar-refractivity contribution in [1.82, 2.24) is 15.2 Å². The monoisotopic (exact) mass is 341 g/mol. The van der Waals surface area contributed by atoms with Gasteiger partial charge in [-0.2, -0.15) is 0 Å². The number of hydrogen-bond donors (Lipinski definition) is 2. The number of fused-ring (bicyclic) bond motifs is 1. The van der Waals surface area contributed by atoms with E-state index in [1.54, 1.807) is 4.90 Å². The normalized spacial score (nSPS) is 23.5. The lowest BCUT2D eigenvalue weighted by Gasteiger charge is -2.24. The van der Waals surface area contributed by atoms with Crippen LogP contribution in [0.3, 0.4) is 0 Å². The number of likely N-dealkylation sites (tertiary alicyclic amines) is 1. The zero-order valence-corrected chi connectivity index (χ0v) is 14.2. The Labute approximate surface area is 146 Å². The van der Waals surface area contributed by atoms with Gasteiger partial charge in [0.2, 0.25) is 11.8 Å². The van der Waals surface area contributed by atoms with Crippen molar-refractivity contribution < 1.29 is 14.3 Å². The first kappa shape index (κ1) is 16.1. The molecule has 0 aliphatic carbocycles. The lowest BCUT2D eigenvalue weighted by molar-refractivity contribution is -0.136. The number of H-pyrrole nitrogens is 1. The van der Waals surface area contributed by atoms with Gasteiger partial charge < -0.3 is 19.9 Å². The number of para-hydroxylation sites is 1. The summed E-state index contributed by atoms with van der Waals surface area (Å²) < 4.78 is 5.55. The molecule has 2 aliphatic heterocycles. The number of carbonyl (C=O) groups is 2. The average molecular weight is 341 g/mol. The van der Waals surface area contributed by atoms with Crippen LogP contribution in [0.1, 0.15) is 31.2 Å². The highest BCUT2D eigenvalue weighted by Gasteiger charge is 2.36. The summed E-state index contributed by atoms with van der Waals surface area (Å²) in [6.07, 6.45) is 5.09. The second kappa shape index (κ2) is 6.88. The number of hydrogen-bond acceptors (Lipinski definition) is 3. The molecule has 6 nitrogen and oxygen atoms in total. The van der Waals surface area contributed by atoms with Gasteiger partial charge in [-0.1, -0.05) is 18.2 Å². The lowest BCUT2D eigenvalue weighted by Crippen LogP contribution is -2.46. The van der Waals surface area contributed by atoms with Gasteiger partial charge in [0.25, 0.3) is 0 Å². The third-order valence-corrected chi connectivity index (χ3v) is 5.17. The summed E-state index contributed by atoms with van der Waals surface area (Å²) in [5.41, 5.74) is 2.09. The van der Waals surface area contributed by atoms with Crippen LogP contribution >= 0.6 is 0 Å². The van der Waals surface area contributed by atoms with Crippen molar-refractivity contribution in [2.24, 2.45) is 0 Å². The maximum Gasteiger partial charge on any atom is 0.242 e. The average Bonchev–Trinajstić information content (AvgIpc) is 3.35. The van der Waals surface area contributed by atoms with E-state index in [1.165, 1.54) is 0 Å². The maximum absolute atomic E-state index is 12.6. The Kier molecular flexibility index (Phi) is 4.44. The van der Waals surface area contributed by atoms with Crippen LogP contribution in [-0.2, 0) is 20.9 Å². The highest BCUT2D eigenvalue weighted by molar-refractivity contribution is 5.91. The SMILES string of the molecule is O=C(NC[C@@H]1CCCO1)[C@@H]1CCC(=O)N1Cc1c[nH]c2ccccc12. The van der Waals surface area contributed by atoms with Crippen LogP contribution in [0.15, 0.2) is 30.5 Å². The Bertz CT molecular complexity index is 779. The second-order valence-electron chi connectivity index (χ2n) is 6.82. The highest BCUT2D eigenvalue weighted by Crippen LogP contribution is 2.25. The van der Waals surface area contributed by atoms with Crippen LogP contribution in [0, 0.1) is 0 Å². The molecule has 2 aliphatic rings. The molecule has 132 valence electrons. The van der Waals surface area contributed by atoms with Crippen LogP contribution in [0.4, 0.5) is 0 Å². The van der Waals surface area contributed by atoms with Gasteiger partial charge in [-0.05, 0) is 30.9 Å². The molecule has 0 spiro atoms. The molecule has 1 aromatic carbocycles. The molecule has 0 bridgehead atoms. The molecule has 2 atom stereocenters. The maximum atomic E-state index is 12.6. The summed E-state index contributed by atoms with van der Waals surface area (Å²) in [5.74, 6) is -0.0243. The fraction of sp³-hybridized carbons (Fsp3) is 0.474. The Hall–Kier alpha value is -2.34. The number of amides is 2. The molecule has 3 heterocycles. The van der Waals surface area contributed by atoms with Crippen LogP contribution < -0.4 is 5.32 Å². The zero-order chi connectivity index (χ0) is 17.2. The Balaban J connectivity index is 1.45. The number of aromatic nitrogens is 1. The minimum absolute atomic E-state index is 0.0440. The number of nitrogens with one attached hydrogen (secondary N) is 2. The largest absolute Gasteiger partial charge is 0.376 e. The molecule has 0 saturated carbocycles. The molecule has 2 aromatic rings. The number of nitrogens with zero attached hydrogens (tertiary/aromatic N) is 1. The molecule has 2 fully saturated rings. The van der Waals surface area contributed by atoms with Gasteiger partial charge in [0.05, 0.1) is 6.10 Å². The molecule has 0 unspecified atom stereocenters. The van der Waals surface area contributed by atoms with E-state index >= 15 is 0 Å². The summed E-state index contributed by atoms with van der Waals surface area (Å²) >= 11 is 0. The Morgan fingerprint density at radius 3 is 3.04 bits per heavy atom. The van der Waals surface area contributed by atoms with Gasteiger partial charge in [0, 0.05) is 43.2 Å². The van der Waals surface area contributed by atoms with E-state index < -0.39 is 0 Å². The number of ether oxygens (including phenoxy) is 1. The first-order chi connectivity index (χ1) is 12.2. The third kappa shape index (κ3) is 3.26. The topological polar surface area (TPSA) is 74.4 Å². The molecule has 2 amide bonds. The zero-order valence-electron chi connectivity index (χ0n) is 14.2. The summed E-state index contributed by atoms with van der Waals surface area (Å²) in [6, 6.07) is 7.62. The quantitative estimate of drug-likeness (QED) is 0.873. The summed E-state index contributed by atoms with van der Waals surface area (Å²) in [7, 11) is 0. The van der Waals surface area contributed by atoms with Crippen LogP contribution in [-0.4, -0.2) is 47.0 Å². The van der Waals surface area contributed by atoms with Gasteiger partial charge in [0.15, 0.2) is 0 Å². The second-order valence-corrected chi connectivity index (χ2v) is 6.82. The number of carbonyl (C=O) groups excluding carboxylic acids is 2. The predicted octanol–water partition coefficient (Wildman–Crippen LogP) is 1.95. The van der Waals surface area contributed by atoms with E-state index in [1.807, 2.05) is 30.5 Å². The van der Waals surface area contributed by atoms with Crippen molar-refractivity contribution in [2.45, 2.75) is 44.4 Å². The van der Waals surface area contributed by atoms with Gasteiger partial charge in [-0.15, -0.1) is 0 Å². The van der Waals surface area contributed by atoms with E-state index in [9.17, 15) is 9.59 Å². The summed E-state index contributed by atoms with van der Waals surface area (Å²) in [6.45, 7) is 1.76. The van der Waals surface area contributed by atoms with E-state index in [-0.39, 0.29) is 24.0 Å². The molecular weight excluding hydrogens is 318 g/mol. The van der Waals surface area contributed by atoms with E-state index in [4.69, 9.17) is 4.74 Å². The first-order valence-electron chi connectivity index (χ1n) is 8.96. The van der Waals surface area contributed by atoms with Crippen molar-refractivity contribution in [2.75, 3.05) is 13.2 Å². The van der Waals surface area contributed by atoms with E-state index in [0.717, 1.165) is 35.9 Å². The minimum Gasteiger partial charge on any atom is -0.376 e. The fourth-order valence-corrected chi connectivity index (χ4v) is 3.79. The first-order valence-corrected chi connectivity index (χ1v) is 8.96. The van der Waals surface area contributed by atoms with Crippen molar-refractivity contribution in [3.05, 3.63) is 36.0 Å². The number of benzene rings is 1. The van der Waals surface area contributed by atoms with Crippen molar-refractivity contribution in [1.29, 1.82) is 0 Å².